The van der Waals surface area contributed by atoms with Gasteiger partial charge in [-0.25, -0.2) is 9.78 Å². The van der Waals surface area contributed by atoms with Crippen LogP contribution in [0.15, 0.2) is 30.3 Å². The number of aromatic nitrogens is 1. The van der Waals surface area contributed by atoms with Gasteiger partial charge in [0.1, 0.15) is 5.82 Å². The zero-order chi connectivity index (χ0) is 14.7. The molecule has 4 heteroatoms. The summed E-state index contributed by atoms with van der Waals surface area (Å²) in [6, 6.07) is 9.38. The van der Waals surface area contributed by atoms with Crippen LogP contribution in [0.5, 0.6) is 0 Å². The minimum atomic E-state index is -0.991. The van der Waals surface area contributed by atoms with E-state index in [0.29, 0.717) is 5.92 Å². The van der Waals surface area contributed by atoms with Gasteiger partial charge in [0.15, 0.2) is 5.69 Å². The monoisotopic (exact) mass is 272 g/mol. The molecule has 0 amide bonds. The smallest absolute Gasteiger partial charge is 0.354 e. The molecule has 4 nitrogen and oxygen atoms in total. The minimum absolute atomic E-state index is 0.0927. The summed E-state index contributed by atoms with van der Waals surface area (Å²) >= 11 is 0. The first kappa shape index (κ1) is 14.3. The second-order valence-electron chi connectivity index (χ2n) is 5.46. The largest absolute Gasteiger partial charge is 0.477 e. The fourth-order valence-electron chi connectivity index (χ4n) is 2.14. The van der Waals surface area contributed by atoms with E-state index >= 15 is 0 Å². The van der Waals surface area contributed by atoms with E-state index in [4.69, 9.17) is 0 Å². The van der Waals surface area contributed by atoms with Crippen molar-refractivity contribution < 1.29 is 9.90 Å². The van der Waals surface area contributed by atoms with Gasteiger partial charge in [-0.05, 0) is 23.8 Å². The minimum Gasteiger partial charge on any atom is -0.477 e. The standard InChI is InChI=1S/C16H20N2O2/c1-11(2)8-9-18(3)15-13-7-5-4-6-12(13)10-14(17-15)16(19)20/h4-7,10-11H,8-9H2,1-3H3,(H,19,20). The molecular weight excluding hydrogens is 252 g/mol. The summed E-state index contributed by atoms with van der Waals surface area (Å²) in [4.78, 5) is 17.5. The Hall–Kier alpha value is -2.10. The van der Waals surface area contributed by atoms with Gasteiger partial charge in [0.05, 0.1) is 0 Å². The highest BCUT2D eigenvalue weighted by Crippen LogP contribution is 2.25. The maximum atomic E-state index is 11.2. The van der Waals surface area contributed by atoms with Crippen LogP contribution in [-0.2, 0) is 0 Å². The second-order valence-corrected chi connectivity index (χ2v) is 5.46. The zero-order valence-corrected chi connectivity index (χ0v) is 12.1. The molecular formula is C16H20N2O2. The van der Waals surface area contributed by atoms with Crippen molar-refractivity contribution in [3.05, 3.63) is 36.0 Å². The van der Waals surface area contributed by atoms with Crippen molar-refractivity contribution in [2.24, 2.45) is 5.92 Å². The quantitative estimate of drug-likeness (QED) is 0.906. The van der Waals surface area contributed by atoms with Crippen LogP contribution in [0.25, 0.3) is 10.8 Å². The molecule has 0 aliphatic carbocycles. The van der Waals surface area contributed by atoms with Crippen LogP contribution >= 0.6 is 0 Å². The number of fused-ring (bicyclic) bond motifs is 1. The van der Waals surface area contributed by atoms with E-state index in [-0.39, 0.29) is 5.69 Å². The van der Waals surface area contributed by atoms with Crippen molar-refractivity contribution in [2.45, 2.75) is 20.3 Å². The lowest BCUT2D eigenvalue weighted by Gasteiger charge is -2.21. The molecule has 0 aliphatic heterocycles. The van der Waals surface area contributed by atoms with Gasteiger partial charge in [-0.3, -0.25) is 0 Å². The van der Waals surface area contributed by atoms with E-state index < -0.39 is 5.97 Å². The lowest BCUT2D eigenvalue weighted by molar-refractivity contribution is 0.0691. The van der Waals surface area contributed by atoms with Crippen molar-refractivity contribution in [3.63, 3.8) is 0 Å². The Morgan fingerprint density at radius 2 is 2.05 bits per heavy atom. The maximum Gasteiger partial charge on any atom is 0.354 e. The van der Waals surface area contributed by atoms with Crippen molar-refractivity contribution in [1.82, 2.24) is 4.98 Å². The van der Waals surface area contributed by atoms with Crippen molar-refractivity contribution >= 4 is 22.6 Å². The van der Waals surface area contributed by atoms with Crippen LogP contribution in [0.3, 0.4) is 0 Å². The molecule has 106 valence electrons. The normalized spacial score (nSPS) is 11.0. The zero-order valence-electron chi connectivity index (χ0n) is 12.1. The highest BCUT2D eigenvalue weighted by molar-refractivity contribution is 5.97. The molecule has 2 rings (SSSR count). The van der Waals surface area contributed by atoms with E-state index in [1.165, 1.54) is 0 Å². The van der Waals surface area contributed by atoms with E-state index in [9.17, 15) is 9.90 Å². The number of carbonyl (C=O) groups is 1. The third-order valence-corrected chi connectivity index (χ3v) is 3.34. The van der Waals surface area contributed by atoms with Gasteiger partial charge in [0.2, 0.25) is 0 Å². The summed E-state index contributed by atoms with van der Waals surface area (Å²) in [6.07, 6.45) is 1.05. The van der Waals surface area contributed by atoms with Crippen molar-refractivity contribution in [3.8, 4) is 0 Å². The van der Waals surface area contributed by atoms with Crippen LogP contribution in [0.1, 0.15) is 30.8 Å². The van der Waals surface area contributed by atoms with Gasteiger partial charge in [-0.15, -0.1) is 0 Å². The molecule has 0 spiro atoms. The predicted octanol–water partition coefficient (Wildman–Crippen LogP) is 3.42. The average molecular weight is 272 g/mol. The number of hydrogen-bond acceptors (Lipinski definition) is 3. The van der Waals surface area contributed by atoms with E-state index in [0.717, 1.165) is 29.6 Å². The van der Waals surface area contributed by atoms with Crippen molar-refractivity contribution in [2.75, 3.05) is 18.5 Å². The van der Waals surface area contributed by atoms with Gasteiger partial charge in [0.25, 0.3) is 0 Å². The Labute approximate surface area is 119 Å². The fourth-order valence-corrected chi connectivity index (χ4v) is 2.14. The summed E-state index contributed by atoms with van der Waals surface area (Å²) < 4.78 is 0. The number of carboxylic acids is 1. The van der Waals surface area contributed by atoms with Gasteiger partial charge in [-0.2, -0.15) is 0 Å². The lowest BCUT2D eigenvalue weighted by atomic mass is 10.1. The average Bonchev–Trinajstić information content (AvgIpc) is 2.43. The molecule has 0 radical (unpaired) electrons. The van der Waals surface area contributed by atoms with Gasteiger partial charge in [0, 0.05) is 19.0 Å². The summed E-state index contributed by atoms with van der Waals surface area (Å²) in [5, 5.41) is 11.1. The van der Waals surface area contributed by atoms with E-state index in [2.05, 4.69) is 18.8 Å². The molecule has 20 heavy (non-hydrogen) atoms. The molecule has 0 atom stereocenters. The van der Waals surface area contributed by atoms with Crippen LogP contribution in [0.4, 0.5) is 5.82 Å². The molecule has 0 fully saturated rings. The molecule has 1 heterocycles. The first-order valence-electron chi connectivity index (χ1n) is 6.83. The molecule has 0 saturated heterocycles. The van der Waals surface area contributed by atoms with E-state index in [1.54, 1.807) is 6.07 Å². The molecule has 0 unspecified atom stereocenters. The third kappa shape index (κ3) is 3.07. The summed E-state index contributed by atoms with van der Waals surface area (Å²) in [5.74, 6) is 0.349. The third-order valence-electron chi connectivity index (χ3n) is 3.34. The number of pyridine rings is 1. The van der Waals surface area contributed by atoms with Crippen LogP contribution in [0, 0.1) is 5.92 Å². The first-order chi connectivity index (χ1) is 9.49. The Morgan fingerprint density at radius 3 is 2.70 bits per heavy atom. The number of anilines is 1. The highest BCUT2D eigenvalue weighted by Gasteiger charge is 2.13. The maximum absolute atomic E-state index is 11.2. The molecule has 1 aromatic heterocycles. The molecule has 1 aromatic carbocycles. The predicted molar refractivity (Wildman–Crippen MR) is 81.4 cm³/mol. The van der Waals surface area contributed by atoms with Crippen molar-refractivity contribution in [1.29, 1.82) is 0 Å². The van der Waals surface area contributed by atoms with Crippen LogP contribution in [0.2, 0.25) is 0 Å². The SMILES string of the molecule is CC(C)CCN(C)c1nc(C(=O)O)cc2ccccc12. The highest BCUT2D eigenvalue weighted by atomic mass is 16.4. The Bertz CT molecular complexity index is 623. The number of hydrogen-bond donors (Lipinski definition) is 1. The van der Waals surface area contributed by atoms with Crippen LogP contribution in [-0.4, -0.2) is 29.7 Å². The molecule has 0 bridgehead atoms. The van der Waals surface area contributed by atoms with Gasteiger partial charge in [-0.1, -0.05) is 38.1 Å². The Morgan fingerprint density at radius 1 is 1.35 bits per heavy atom. The number of benzene rings is 1. The topological polar surface area (TPSA) is 53.4 Å². The Kier molecular flexibility index (Phi) is 4.23. The second kappa shape index (κ2) is 5.90. The summed E-state index contributed by atoms with van der Waals surface area (Å²) in [7, 11) is 1.96. The molecule has 1 N–H and O–H groups in total. The molecule has 0 saturated carbocycles. The first-order valence-corrected chi connectivity index (χ1v) is 6.83. The van der Waals surface area contributed by atoms with Gasteiger partial charge >= 0.3 is 5.97 Å². The van der Waals surface area contributed by atoms with Crippen LogP contribution < -0.4 is 4.90 Å². The number of rotatable bonds is 5. The fraction of sp³-hybridized carbons (Fsp3) is 0.375. The lowest BCUT2D eigenvalue weighted by Crippen LogP contribution is -2.22. The number of nitrogens with zero attached hydrogens (tertiary/aromatic N) is 2. The van der Waals surface area contributed by atoms with E-state index in [1.807, 2.05) is 36.2 Å². The molecule has 0 aliphatic rings. The number of aromatic carboxylic acids is 1. The Balaban J connectivity index is 2.46. The number of carboxylic acid groups (broad SMARTS) is 1. The summed E-state index contributed by atoms with van der Waals surface area (Å²) in [5.41, 5.74) is 0.0927. The molecule has 2 aromatic rings. The van der Waals surface area contributed by atoms with Gasteiger partial charge < -0.3 is 10.0 Å². The summed E-state index contributed by atoms with van der Waals surface area (Å²) in [6.45, 7) is 5.21.